The number of para-hydroxylation sites is 1. The van der Waals surface area contributed by atoms with Gasteiger partial charge < -0.3 is 14.4 Å². The first kappa shape index (κ1) is 19.7. The van der Waals surface area contributed by atoms with E-state index in [1.54, 1.807) is 0 Å². The van der Waals surface area contributed by atoms with Crippen molar-refractivity contribution in [3.8, 4) is 0 Å². The van der Waals surface area contributed by atoms with Crippen molar-refractivity contribution >= 4 is 11.6 Å². The Hall–Kier alpha value is -2.21. The summed E-state index contributed by atoms with van der Waals surface area (Å²) in [6.45, 7) is 8.21. The Bertz CT molecular complexity index is 921. The molecule has 0 radical (unpaired) electrons. The number of piperidine rings is 1. The second-order valence-electron chi connectivity index (χ2n) is 9.48. The topological polar surface area (TPSA) is 43.2 Å². The van der Waals surface area contributed by atoms with E-state index >= 15 is 0 Å². The van der Waals surface area contributed by atoms with Gasteiger partial charge in [-0.2, -0.15) is 0 Å². The molecule has 3 aliphatic rings. The number of hydrogen-bond donors (Lipinski definition) is 1. The maximum absolute atomic E-state index is 13.7. The van der Waals surface area contributed by atoms with Gasteiger partial charge in [0.25, 0.3) is 11.7 Å². The molecule has 5 heteroatoms. The molecule has 3 heterocycles. The standard InChI is InChI=1S/C25H30N2O3/c1-19-9-8-14-26(15-19)18-27-22-13-7-6-12-21(22)25(23(27)28)29-16-24(2,17-30-25)20-10-4-3-5-11-20/h3-7,10-13,19H,8-9,14-18H2,1-2H3/p+1/t19-,24?,25?/m1/s1. The number of amides is 1. The molecule has 5 rings (SSSR count). The van der Waals surface area contributed by atoms with E-state index < -0.39 is 5.79 Å². The number of fused-ring (bicyclic) bond motifs is 2. The molecule has 0 aliphatic carbocycles. The Kier molecular flexibility index (Phi) is 4.92. The fourth-order valence-corrected chi connectivity index (χ4v) is 5.20. The Morgan fingerprint density at radius 3 is 2.50 bits per heavy atom. The summed E-state index contributed by atoms with van der Waals surface area (Å²) in [5.41, 5.74) is 2.66. The zero-order valence-electron chi connectivity index (χ0n) is 17.9. The minimum atomic E-state index is -1.31. The Labute approximate surface area is 178 Å². The van der Waals surface area contributed by atoms with E-state index in [0.29, 0.717) is 25.8 Å². The number of ether oxygens (including phenoxy) is 2. The highest BCUT2D eigenvalue weighted by molar-refractivity contribution is 6.06. The van der Waals surface area contributed by atoms with E-state index in [1.807, 2.05) is 47.4 Å². The van der Waals surface area contributed by atoms with Crippen LogP contribution in [-0.4, -0.2) is 38.9 Å². The van der Waals surface area contributed by atoms with Crippen molar-refractivity contribution in [1.29, 1.82) is 0 Å². The third kappa shape index (κ3) is 3.16. The molecular formula is C25H31N2O3+. The zero-order valence-corrected chi connectivity index (χ0v) is 17.9. The number of likely N-dealkylation sites (tertiary alicyclic amines) is 1. The lowest BCUT2D eigenvalue weighted by Crippen LogP contribution is -3.15. The Morgan fingerprint density at radius 1 is 1.07 bits per heavy atom. The molecule has 2 saturated heterocycles. The van der Waals surface area contributed by atoms with Crippen LogP contribution in [0.3, 0.4) is 0 Å². The number of carbonyl (C=O) groups excluding carboxylic acids is 1. The maximum atomic E-state index is 13.7. The predicted molar refractivity (Wildman–Crippen MR) is 115 cm³/mol. The van der Waals surface area contributed by atoms with Gasteiger partial charge in [0.1, 0.15) is 0 Å². The van der Waals surface area contributed by atoms with Crippen LogP contribution >= 0.6 is 0 Å². The molecule has 0 aromatic heterocycles. The predicted octanol–water partition coefficient (Wildman–Crippen LogP) is 2.46. The molecule has 1 N–H and O–H groups in total. The van der Waals surface area contributed by atoms with Gasteiger partial charge in [0.2, 0.25) is 0 Å². The van der Waals surface area contributed by atoms with Crippen LogP contribution in [0.4, 0.5) is 5.69 Å². The fraction of sp³-hybridized carbons (Fsp3) is 0.480. The second kappa shape index (κ2) is 7.49. The summed E-state index contributed by atoms with van der Waals surface area (Å²) in [6, 6.07) is 18.2. The number of quaternary nitrogens is 1. The number of nitrogens with one attached hydrogen (secondary N) is 1. The average molecular weight is 408 g/mol. The minimum Gasteiger partial charge on any atom is -0.337 e. The van der Waals surface area contributed by atoms with Crippen molar-refractivity contribution in [2.45, 2.75) is 37.9 Å². The minimum absolute atomic E-state index is 0.0791. The molecule has 1 unspecified atom stereocenters. The van der Waals surface area contributed by atoms with E-state index in [-0.39, 0.29) is 11.3 Å². The first-order valence-electron chi connectivity index (χ1n) is 11.1. The molecule has 30 heavy (non-hydrogen) atoms. The largest absolute Gasteiger partial charge is 0.337 e. The third-order valence-corrected chi connectivity index (χ3v) is 6.98. The molecule has 2 atom stereocenters. The molecule has 158 valence electrons. The molecule has 5 nitrogen and oxygen atoms in total. The molecule has 2 aromatic carbocycles. The Balaban J connectivity index is 1.42. The summed E-state index contributed by atoms with van der Waals surface area (Å²) < 4.78 is 12.7. The van der Waals surface area contributed by atoms with Gasteiger partial charge in [-0.25, -0.2) is 0 Å². The van der Waals surface area contributed by atoms with Gasteiger partial charge >= 0.3 is 0 Å². The molecule has 1 spiro atoms. The van der Waals surface area contributed by atoms with Crippen LogP contribution in [0.5, 0.6) is 0 Å². The molecule has 3 aliphatic heterocycles. The lowest BCUT2D eigenvalue weighted by molar-refractivity contribution is -0.907. The van der Waals surface area contributed by atoms with Crippen LogP contribution in [0.25, 0.3) is 0 Å². The van der Waals surface area contributed by atoms with Gasteiger partial charge in [-0.15, -0.1) is 0 Å². The van der Waals surface area contributed by atoms with Gasteiger partial charge in [0, 0.05) is 16.9 Å². The van der Waals surface area contributed by atoms with Crippen molar-refractivity contribution < 1.29 is 19.2 Å². The van der Waals surface area contributed by atoms with Gasteiger partial charge in [-0.3, -0.25) is 9.69 Å². The first-order chi connectivity index (χ1) is 14.5. The third-order valence-electron chi connectivity index (χ3n) is 6.98. The number of hydrogen-bond acceptors (Lipinski definition) is 3. The molecule has 2 aromatic rings. The molecular weight excluding hydrogens is 376 g/mol. The number of carbonyl (C=O) groups is 1. The fourth-order valence-electron chi connectivity index (χ4n) is 5.20. The van der Waals surface area contributed by atoms with Gasteiger partial charge in [-0.1, -0.05) is 62.4 Å². The van der Waals surface area contributed by atoms with Crippen LogP contribution in [0.2, 0.25) is 0 Å². The van der Waals surface area contributed by atoms with Gasteiger partial charge in [0.05, 0.1) is 32.0 Å². The quantitative estimate of drug-likeness (QED) is 0.850. The van der Waals surface area contributed by atoms with E-state index in [2.05, 4.69) is 26.0 Å². The van der Waals surface area contributed by atoms with E-state index in [9.17, 15) is 4.79 Å². The molecule has 0 bridgehead atoms. The van der Waals surface area contributed by atoms with Crippen molar-refractivity contribution in [3.63, 3.8) is 0 Å². The lowest BCUT2D eigenvalue weighted by atomic mass is 9.83. The summed E-state index contributed by atoms with van der Waals surface area (Å²) >= 11 is 0. The average Bonchev–Trinajstić information content (AvgIpc) is 3.00. The van der Waals surface area contributed by atoms with E-state index in [1.165, 1.54) is 23.3 Å². The maximum Gasteiger partial charge on any atom is 0.296 e. The molecule has 2 fully saturated rings. The van der Waals surface area contributed by atoms with Gasteiger partial charge in [0.15, 0.2) is 6.67 Å². The van der Waals surface area contributed by atoms with Crippen LogP contribution in [0.1, 0.15) is 37.8 Å². The normalized spacial score (nSPS) is 33.7. The van der Waals surface area contributed by atoms with Crippen molar-refractivity contribution in [2.24, 2.45) is 5.92 Å². The molecule has 1 amide bonds. The summed E-state index contributed by atoms with van der Waals surface area (Å²) in [5.74, 6) is -0.694. The van der Waals surface area contributed by atoms with Gasteiger partial charge in [-0.05, 0) is 24.5 Å². The first-order valence-corrected chi connectivity index (χ1v) is 11.1. The van der Waals surface area contributed by atoms with Crippen LogP contribution in [-0.2, 0) is 25.5 Å². The summed E-state index contributed by atoms with van der Waals surface area (Å²) in [4.78, 5) is 17.1. The van der Waals surface area contributed by atoms with Crippen molar-refractivity contribution in [3.05, 3.63) is 65.7 Å². The molecule has 0 saturated carbocycles. The number of anilines is 1. The van der Waals surface area contributed by atoms with Crippen LogP contribution in [0, 0.1) is 5.92 Å². The monoisotopic (exact) mass is 407 g/mol. The highest BCUT2D eigenvalue weighted by Crippen LogP contribution is 2.47. The van der Waals surface area contributed by atoms with E-state index in [4.69, 9.17) is 9.47 Å². The smallest absolute Gasteiger partial charge is 0.296 e. The number of nitrogens with zero attached hydrogens (tertiary/aromatic N) is 1. The highest BCUT2D eigenvalue weighted by Gasteiger charge is 2.58. The summed E-state index contributed by atoms with van der Waals surface area (Å²) in [7, 11) is 0. The van der Waals surface area contributed by atoms with E-state index in [0.717, 1.165) is 24.3 Å². The second-order valence-corrected chi connectivity index (χ2v) is 9.48. The number of rotatable bonds is 3. The van der Waals surface area contributed by atoms with Crippen molar-refractivity contribution in [1.82, 2.24) is 0 Å². The number of benzene rings is 2. The lowest BCUT2D eigenvalue weighted by Gasteiger charge is -2.42. The summed E-state index contributed by atoms with van der Waals surface area (Å²) in [5, 5.41) is 0. The summed E-state index contributed by atoms with van der Waals surface area (Å²) in [6.07, 6.45) is 2.50. The van der Waals surface area contributed by atoms with Crippen LogP contribution in [0.15, 0.2) is 54.6 Å². The Morgan fingerprint density at radius 2 is 1.77 bits per heavy atom. The van der Waals surface area contributed by atoms with Crippen molar-refractivity contribution in [2.75, 3.05) is 37.9 Å². The SMILES string of the molecule is C[C@@H]1CCC[NH+](CN2C(=O)C3(OCC(C)(c4ccccc4)CO3)c3ccccc32)C1. The van der Waals surface area contributed by atoms with Crippen LogP contribution < -0.4 is 9.80 Å². The zero-order chi connectivity index (χ0) is 20.8. The highest BCUT2D eigenvalue weighted by atomic mass is 16.7.